The highest BCUT2D eigenvalue weighted by atomic mass is 32.1. The molecule has 3 atom stereocenters. The van der Waals surface area contributed by atoms with E-state index in [4.69, 9.17) is 0 Å². The van der Waals surface area contributed by atoms with Crippen LogP contribution in [-0.2, 0) is 0 Å². The van der Waals surface area contributed by atoms with Crippen molar-refractivity contribution < 1.29 is 36.6 Å². The number of carbonyl (C=O) groups is 2. The summed E-state index contributed by atoms with van der Waals surface area (Å²) in [5.74, 6) is -4.58. The van der Waals surface area contributed by atoms with E-state index in [-0.39, 0.29) is 34.4 Å². The summed E-state index contributed by atoms with van der Waals surface area (Å²) >= 11 is 0.824. The molecule has 1 saturated heterocycles. The molecule has 3 heterocycles. The summed E-state index contributed by atoms with van der Waals surface area (Å²) in [5.41, 5.74) is 0.519. The van der Waals surface area contributed by atoms with Crippen LogP contribution in [0.15, 0.2) is 12.3 Å². The van der Waals surface area contributed by atoms with Gasteiger partial charge in [-0.05, 0) is 38.8 Å². The molecule has 0 bridgehead atoms. The van der Waals surface area contributed by atoms with Gasteiger partial charge in [-0.25, -0.2) is 18.7 Å². The van der Waals surface area contributed by atoms with Crippen molar-refractivity contribution in [2.75, 3.05) is 18.5 Å². The highest BCUT2D eigenvalue weighted by Gasteiger charge is 2.46. The lowest BCUT2D eigenvalue weighted by Gasteiger charge is -2.21. The van der Waals surface area contributed by atoms with Crippen molar-refractivity contribution in [1.82, 2.24) is 20.2 Å². The lowest BCUT2D eigenvalue weighted by Crippen LogP contribution is -2.36. The highest BCUT2D eigenvalue weighted by molar-refractivity contribution is 7.17. The predicted molar refractivity (Wildman–Crippen MR) is 128 cm³/mol. The zero-order chi connectivity index (χ0) is 27.7. The average molecular weight is 550 g/mol. The first-order valence-corrected chi connectivity index (χ1v) is 12.4. The molecule has 204 valence electrons. The summed E-state index contributed by atoms with van der Waals surface area (Å²) in [6.07, 6.45) is -3.96. The molecule has 8 nitrogen and oxygen atoms in total. The Hall–Kier alpha value is -2.87. The molecule has 2 amide bonds. The fourth-order valence-corrected chi connectivity index (χ4v) is 5.00. The summed E-state index contributed by atoms with van der Waals surface area (Å²) in [6.45, 7) is 4.86. The van der Waals surface area contributed by atoms with Gasteiger partial charge in [-0.15, -0.1) is 11.3 Å². The molecule has 37 heavy (non-hydrogen) atoms. The van der Waals surface area contributed by atoms with Crippen LogP contribution < -0.4 is 10.6 Å². The number of pyridine rings is 1. The molecule has 2 aromatic rings. The Morgan fingerprint density at radius 2 is 2.03 bits per heavy atom. The standard InChI is InChI=1S/C23H28F5N5O3S/c1-5-15(23(26,27)28)31-16-6-11(2)14(8-29-16)18-17(21(36)33-10-22(24,25)7-13(33)4)32-20(37-18)19(35)30-12(3)9-34/h6,8,12-13,15,34H,5,7,9-10H2,1-4H3,(H,29,31)(H,30,35)/t12-,13+,15+/m1/s1. The molecule has 1 fully saturated rings. The summed E-state index contributed by atoms with van der Waals surface area (Å²) < 4.78 is 67.5. The summed E-state index contributed by atoms with van der Waals surface area (Å²) in [6, 6.07) is -1.82. The first kappa shape index (κ1) is 28.7. The van der Waals surface area contributed by atoms with E-state index in [1.165, 1.54) is 26.1 Å². The van der Waals surface area contributed by atoms with Crippen LogP contribution in [0, 0.1) is 6.92 Å². The number of rotatable bonds is 8. The minimum Gasteiger partial charge on any atom is -0.394 e. The van der Waals surface area contributed by atoms with Crippen LogP contribution in [0.1, 0.15) is 59.5 Å². The van der Waals surface area contributed by atoms with Crippen molar-refractivity contribution >= 4 is 29.0 Å². The molecule has 0 aliphatic carbocycles. The number of thiazole rings is 1. The van der Waals surface area contributed by atoms with Crippen molar-refractivity contribution in [3.8, 4) is 10.4 Å². The molecule has 1 aliphatic heterocycles. The maximum absolute atomic E-state index is 14.0. The molecule has 3 N–H and O–H groups in total. The Bertz CT molecular complexity index is 1160. The van der Waals surface area contributed by atoms with Gasteiger partial charge in [0.2, 0.25) is 0 Å². The maximum atomic E-state index is 14.0. The fraction of sp³-hybridized carbons (Fsp3) is 0.565. The summed E-state index contributed by atoms with van der Waals surface area (Å²) in [7, 11) is 0. The molecule has 14 heteroatoms. The first-order chi connectivity index (χ1) is 17.2. The Morgan fingerprint density at radius 1 is 1.35 bits per heavy atom. The van der Waals surface area contributed by atoms with Crippen LogP contribution in [0.4, 0.5) is 27.8 Å². The van der Waals surface area contributed by atoms with Crippen LogP contribution in [0.3, 0.4) is 0 Å². The highest BCUT2D eigenvalue weighted by Crippen LogP contribution is 2.38. The number of anilines is 1. The van der Waals surface area contributed by atoms with Gasteiger partial charge in [0.15, 0.2) is 5.01 Å². The SMILES string of the molecule is CC[C@H](Nc1cc(C)c(-c2sc(C(=O)N[C@H](C)CO)nc2C(=O)N2CC(F)(F)C[C@@H]2C)cn1)C(F)(F)F. The smallest absolute Gasteiger partial charge is 0.394 e. The van der Waals surface area contributed by atoms with Gasteiger partial charge in [0.05, 0.1) is 18.0 Å². The molecule has 0 spiro atoms. The largest absolute Gasteiger partial charge is 0.408 e. The fourth-order valence-electron chi connectivity index (χ4n) is 3.96. The molecule has 0 radical (unpaired) electrons. The van der Waals surface area contributed by atoms with E-state index in [1.807, 2.05) is 0 Å². The van der Waals surface area contributed by atoms with Crippen molar-refractivity contribution in [1.29, 1.82) is 0 Å². The Labute approximate surface area is 214 Å². The molecule has 0 saturated carbocycles. The number of likely N-dealkylation sites (tertiary alicyclic amines) is 1. The van der Waals surface area contributed by atoms with E-state index in [0.29, 0.717) is 11.1 Å². The number of aliphatic hydroxyl groups excluding tert-OH is 1. The second-order valence-electron chi connectivity index (χ2n) is 9.13. The van der Waals surface area contributed by atoms with Gasteiger partial charge in [0.25, 0.3) is 17.7 Å². The number of amides is 2. The van der Waals surface area contributed by atoms with Gasteiger partial charge >= 0.3 is 6.18 Å². The third kappa shape index (κ3) is 6.53. The van der Waals surface area contributed by atoms with E-state index < -0.39 is 55.0 Å². The monoisotopic (exact) mass is 549 g/mol. The van der Waals surface area contributed by atoms with Crippen molar-refractivity contribution in [3.05, 3.63) is 28.5 Å². The molecular formula is C23H28F5N5O3S. The number of nitrogens with zero attached hydrogens (tertiary/aromatic N) is 3. The number of halogens is 5. The minimum atomic E-state index is -4.48. The topological polar surface area (TPSA) is 107 Å². The minimum absolute atomic E-state index is 0.0367. The lowest BCUT2D eigenvalue weighted by atomic mass is 10.1. The summed E-state index contributed by atoms with van der Waals surface area (Å²) in [5, 5.41) is 13.9. The second kappa shape index (κ2) is 10.9. The predicted octanol–water partition coefficient (Wildman–Crippen LogP) is 4.25. The van der Waals surface area contributed by atoms with Gasteiger partial charge in [0.1, 0.15) is 17.6 Å². The molecular weight excluding hydrogens is 521 g/mol. The molecule has 0 unspecified atom stereocenters. The van der Waals surface area contributed by atoms with Crippen LogP contribution in [0.2, 0.25) is 0 Å². The van der Waals surface area contributed by atoms with Crippen LogP contribution in [0.5, 0.6) is 0 Å². The third-order valence-electron chi connectivity index (χ3n) is 5.94. The lowest BCUT2D eigenvalue weighted by molar-refractivity contribution is -0.142. The molecule has 0 aromatic carbocycles. The van der Waals surface area contributed by atoms with Crippen LogP contribution in [-0.4, -0.2) is 75.2 Å². The van der Waals surface area contributed by atoms with E-state index in [0.717, 1.165) is 16.2 Å². The Kier molecular flexibility index (Phi) is 8.42. The molecule has 1 aliphatic rings. The second-order valence-corrected chi connectivity index (χ2v) is 10.1. The van der Waals surface area contributed by atoms with E-state index in [9.17, 15) is 36.6 Å². The van der Waals surface area contributed by atoms with E-state index in [2.05, 4.69) is 20.6 Å². The number of hydrogen-bond acceptors (Lipinski definition) is 7. The quantitative estimate of drug-likeness (QED) is 0.425. The van der Waals surface area contributed by atoms with Crippen LogP contribution in [0.25, 0.3) is 10.4 Å². The molecule has 3 rings (SSSR count). The van der Waals surface area contributed by atoms with E-state index >= 15 is 0 Å². The average Bonchev–Trinajstić information content (AvgIpc) is 3.36. The number of aromatic nitrogens is 2. The molecule has 2 aromatic heterocycles. The van der Waals surface area contributed by atoms with Gasteiger partial charge in [-0.1, -0.05) is 6.92 Å². The van der Waals surface area contributed by atoms with Crippen molar-refractivity contribution in [2.45, 2.75) is 70.8 Å². The zero-order valence-electron chi connectivity index (χ0n) is 20.6. The Balaban J connectivity index is 2.02. The number of alkyl halides is 5. The number of carbonyl (C=O) groups excluding carboxylic acids is 2. The number of hydrogen-bond donors (Lipinski definition) is 3. The van der Waals surface area contributed by atoms with Crippen molar-refractivity contribution in [2.24, 2.45) is 0 Å². The number of aryl methyl sites for hydroxylation is 1. The van der Waals surface area contributed by atoms with Crippen molar-refractivity contribution in [3.63, 3.8) is 0 Å². The van der Waals surface area contributed by atoms with Gasteiger partial charge < -0.3 is 20.6 Å². The Morgan fingerprint density at radius 3 is 2.54 bits per heavy atom. The third-order valence-corrected chi connectivity index (χ3v) is 7.03. The summed E-state index contributed by atoms with van der Waals surface area (Å²) in [4.78, 5) is 35.4. The van der Waals surface area contributed by atoms with E-state index in [1.54, 1.807) is 13.8 Å². The van der Waals surface area contributed by atoms with Gasteiger partial charge in [-0.3, -0.25) is 9.59 Å². The maximum Gasteiger partial charge on any atom is 0.408 e. The number of nitrogens with one attached hydrogen (secondary N) is 2. The van der Waals surface area contributed by atoms with Crippen LogP contribution >= 0.6 is 11.3 Å². The van der Waals surface area contributed by atoms with Gasteiger partial charge in [0, 0.05) is 30.3 Å². The van der Waals surface area contributed by atoms with Gasteiger partial charge in [-0.2, -0.15) is 13.2 Å². The normalized spacial score (nSPS) is 19.0. The number of aliphatic hydroxyl groups is 1. The first-order valence-electron chi connectivity index (χ1n) is 11.6. The zero-order valence-corrected chi connectivity index (χ0v) is 21.4.